The fourth-order valence-corrected chi connectivity index (χ4v) is 3.16. The quantitative estimate of drug-likeness (QED) is 0.871. The number of carbonyl (C=O) groups is 1. The van der Waals surface area contributed by atoms with Gasteiger partial charge in [-0.3, -0.25) is 5.32 Å². The largest absolute Gasteiger partial charge is 0.375 e. The summed E-state index contributed by atoms with van der Waals surface area (Å²) in [4.78, 5) is 14.6. The normalized spacial score (nSPS) is 20.6. The standard InChI is InChI=1S/C18H25N5O2/c1-4-25-16-12-22(3)11-15(16)19-18(24)20-17-10-13(2)21-23(17)14-8-6-5-7-9-14/h5-10,15-16H,4,11-12H2,1-3H3,(H2,19,20,24)/t15-,16-/m0/s1. The Hall–Kier alpha value is -2.38. The van der Waals surface area contributed by atoms with Crippen LogP contribution in [0.5, 0.6) is 0 Å². The molecule has 0 spiro atoms. The fraction of sp³-hybridized carbons (Fsp3) is 0.444. The number of hydrogen-bond donors (Lipinski definition) is 2. The van der Waals surface area contributed by atoms with Crippen molar-refractivity contribution >= 4 is 11.8 Å². The molecule has 2 aromatic rings. The van der Waals surface area contributed by atoms with E-state index < -0.39 is 0 Å². The Morgan fingerprint density at radius 3 is 2.80 bits per heavy atom. The number of nitrogens with zero attached hydrogens (tertiary/aromatic N) is 3. The molecule has 25 heavy (non-hydrogen) atoms. The molecule has 1 aromatic heterocycles. The molecule has 0 bridgehead atoms. The van der Waals surface area contributed by atoms with Crippen LogP contribution in [0.1, 0.15) is 12.6 Å². The predicted molar refractivity (Wildman–Crippen MR) is 97.2 cm³/mol. The summed E-state index contributed by atoms with van der Waals surface area (Å²) in [6.07, 6.45) is 0.0153. The molecule has 7 heteroatoms. The molecule has 1 aliphatic rings. The van der Waals surface area contributed by atoms with Gasteiger partial charge in [-0.25, -0.2) is 9.48 Å². The van der Waals surface area contributed by atoms with Crippen LogP contribution in [0, 0.1) is 6.92 Å². The molecular formula is C18H25N5O2. The number of rotatable bonds is 5. The van der Waals surface area contributed by atoms with Gasteiger partial charge in [-0.05, 0) is 33.0 Å². The lowest BCUT2D eigenvalue weighted by Gasteiger charge is -2.20. The molecule has 1 aliphatic heterocycles. The summed E-state index contributed by atoms with van der Waals surface area (Å²) in [5, 5.41) is 10.4. The monoisotopic (exact) mass is 343 g/mol. The molecule has 1 saturated heterocycles. The van der Waals surface area contributed by atoms with Gasteiger partial charge in [0, 0.05) is 25.8 Å². The predicted octanol–water partition coefficient (Wildman–Crippen LogP) is 2.02. The Morgan fingerprint density at radius 1 is 1.32 bits per heavy atom. The number of aromatic nitrogens is 2. The Bertz CT molecular complexity index is 716. The summed E-state index contributed by atoms with van der Waals surface area (Å²) in [5.41, 5.74) is 1.74. The molecule has 7 nitrogen and oxygen atoms in total. The number of likely N-dealkylation sites (N-methyl/N-ethyl adjacent to an activating group) is 1. The van der Waals surface area contributed by atoms with Gasteiger partial charge in [-0.1, -0.05) is 18.2 Å². The van der Waals surface area contributed by atoms with Gasteiger partial charge in [0.15, 0.2) is 0 Å². The van der Waals surface area contributed by atoms with E-state index in [1.807, 2.05) is 57.3 Å². The van der Waals surface area contributed by atoms with Crippen molar-refractivity contribution in [2.24, 2.45) is 0 Å². The third kappa shape index (κ3) is 4.18. The van der Waals surface area contributed by atoms with Crippen molar-refractivity contribution in [2.75, 3.05) is 32.1 Å². The van der Waals surface area contributed by atoms with Crippen molar-refractivity contribution in [3.05, 3.63) is 42.1 Å². The van der Waals surface area contributed by atoms with Crippen LogP contribution in [0.15, 0.2) is 36.4 Å². The van der Waals surface area contributed by atoms with E-state index in [0.29, 0.717) is 12.4 Å². The zero-order valence-corrected chi connectivity index (χ0v) is 14.9. The topological polar surface area (TPSA) is 71.4 Å². The summed E-state index contributed by atoms with van der Waals surface area (Å²) in [7, 11) is 2.03. The van der Waals surface area contributed by atoms with Crippen LogP contribution in [-0.4, -0.2) is 59.6 Å². The van der Waals surface area contributed by atoms with Crippen molar-refractivity contribution in [1.29, 1.82) is 0 Å². The van der Waals surface area contributed by atoms with Gasteiger partial charge in [-0.2, -0.15) is 5.10 Å². The van der Waals surface area contributed by atoms with Crippen molar-refractivity contribution in [3.63, 3.8) is 0 Å². The van der Waals surface area contributed by atoms with E-state index in [2.05, 4.69) is 20.6 Å². The first kappa shape index (κ1) is 17.4. The van der Waals surface area contributed by atoms with E-state index in [0.717, 1.165) is 24.5 Å². The van der Waals surface area contributed by atoms with E-state index in [-0.39, 0.29) is 18.2 Å². The van der Waals surface area contributed by atoms with Gasteiger partial charge in [-0.15, -0.1) is 0 Å². The van der Waals surface area contributed by atoms with Gasteiger partial charge in [0.05, 0.1) is 23.5 Å². The minimum atomic E-state index is -0.248. The van der Waals surface area contributed by atoms with E-state index >= 15 is 0 Å². The fourth-order valence-electron chi connectivity index (χ4n) is 3.16. The van der Waals surface area contributed by atoms with Gasteiger partial charge < -0.3 is 15.0 Å². The van der Waals surface area contributed by atoms with Crippen LogP contribution < -0.4 is 10.6 Å². The molecule has 2 heterocycles. The number of hydrogen-bond acceptors (Lipinski definition) is 4. The van der Waals surface area contributed by atoms with Gasteiger partial charge in [0.1, 0.15) is 5.82 Å². The highest BCUT2D eigenvalue weighted by atomic mass is 16.5. The zero-order chi connectivity index (χ0) is 17.8. The van der Waals surface area contributed by atoms with E-state index in [1.165, 1.54) is 0 Å². The molecule has 0 radical (unpaired) electrons. The molecule has 3 rings (SSSR count). The summed E-state index contributed by atoms with van der Waals surface area (Å²) in [6.45, 7) is 6.10. The van der Waals surface area contributed by atoms with Crippen molar-refractivity contribution in [2.45, 2.75) is 26.0 Å². The highest BCUT2D eigenvalue weighted by Crippen LogP contribution is 2.17. The average molecular weight is 343 g/mol. The summed E-state index contributed by atoms with van der Waals surface area (Å²) < 4.78 is 7.46. The molecule has 2 amide bonds. The molecule has 1 aromatic carbocycles. The molecule has 0 unspecified atom stereocenters. The number of anilines is 1. The van der Waals surface area contributed by atoms with Crippen LogP contribution in [0.4, 0.5) is 10.6 Å². The molecule has 2 atom stereocenters. The molecule has 0 saturated carbocycles. The second-order valence-electron chi connectivity index (χ2n) is 6.34. The lowest BCUT2D eigenvalue weighted by atomic mass is 10.2. The van der Waals surface area contributed by atoms with Crippen molar-refractivity contribution < 1.29 is 9.53 Å². The number of carbonyl (C=O) groups excluding carboxylic acids is 1. The van der Waals surface area contributed by atoms with E-state index in [9.17, 15) is 4.79 Å². The minimum absolute atomic E-state index is 0.0153. The van der Waals surface area contributed by atoms with Crippen LogP contribution in [-0.2, 0) is 4.74 Å². The average Bonchev–Trinajstić information content (AvgIpc) is 3.11. The Kier molecular flexibility index (Phi) is 5.35. The lowest BCUT2D eigenvalue weighted by molar-refractivity contribution is 0.0568. The molecule has 0 aliphatic carbocycles. The van der Waals surface area contributed by atoms with Gasteiger partial charge in [0.2, 0.25) is 0 Å². The maximum absolute atomic E-state index is 12.5. The van der Waals surface area contributed by atoms with E-state index in [4.69, 9.17) is 4.74 Å². The first-order valence-electron chi connectivity index (χ1n) is 8.56. The number of urea groups is 1. The Balaban J connectivity index is 1.69. The Labute approximate surface area is 148 Å². The van der Waals surface area contributed by atoms with Crippen LogP contribution in [0.25, 0.3) is 5.69 Å². The number of likely N-dealkylation sites (tertiary alicyclic amines) is 1. The number of nitrogens with one attached hydrogen (secondary N) is 2. The second-order valence-corrected chi connectivity index (χ2v) is 6.34. The summed E-state index contributed by atoms with van der Waals surface area (Å²) in [5.74, 6) is 0.639. The Morgan fingerprint density at radius 2 is 2.08 bits per heavy atom. The van der Waals surface area contributed by atoms with Crippen LogP contribution in [0.3, 0.4) is 0 Å². The number of benzene rings is 1. The number of ether oxygens (including phenoxy) is 1. The molecule has 1 fully saturated rings. The smallest absolute Gasteiger partial charge is 0.320 e. The number of aryl methyl sites for hydroxylation is 1. The highest BCUT2D eigenvalue weighted by Gasteiger charge is 2.32. The van der Waals surface area contributed by atoms with Gasteiger partial charge in [0.25, 0.3) is 0 Å². The maximum atomic E-state index is 12.5. The highest BCUT2D eigenvalue weighted by molar-refractivity contribution is 5.89. The summed E-state index contributed by atoms with van der Waals surface area (Å²) >= 11 is 0. The van der Waals surface area contributed by atoms with Crippen LogP contribution in [0.2, 0.25) is 0 Å². The summed E-state index contributed by atoms with van der Waals surface area (Å²) in [6, 6.07) is 11.3. The number of para-hydroxylation sites is 1. The zero-order valence-electron chi connectivity index (χ0n) is 14.9. The third-order valence-corrected chi connectivity index (χ3v) is 4.22. The second kappa shape index (κ2) is 7.67. The number of amides is 2. The first-order valence-corrected chi connectivity index (χ1v) is 8.56. The SMILES string of the molecule is CCO[C@H]1CN(C)C[C@@H]1NC(=O)Nc1cc(C)nn1-c1ccccc1. The molecule has 2 N–H and O–H groups in total. The van der Waals surface area contributed by atoms with Gasteiger partial charge >= 0.3 is 6.03 Å². The van der Waals surface area contributed by atoms with Crippen LogP contribution >= 0.6 is 0 Å². The minimum Gasteiger partial charge on any atom is -0.375 e. The lowest BCUT2D eigenvalue weighted by Crippen LogP contribution is -2.46. The maximum Gasteiger partial charge on any atom is 0.320 e. The molecular weight excluding hydrogens is 318 g/mol. The first-order chi connectivity index (χ1) is 12.1. The van der Waals surface area contributed by atoms with Crippen molar-refractivity contribution in [3.8, 4) is 5.69 Å². The molecule has 134 valence electrons. The van der Waals surface area contributed by atoms with E-state index in [1.54, 1.807) is 4.68 Å². The third-order valence-electron chi connectivity index (χ3n) is 4.22. The van der Waals surface area contributed by atoms with Crippen molar-refractivity contribution in [1.82, 2.24) is 20.0 Å².